The number of primary amides is 1. The van der Waals surface area contributed by atoms with E-state index in [2.05, 4.69) is 5.32 Å². The van der Waals surface area contributed by atoms with Gasteiger partial charge in [-0.05, 0) is 17.7 Å². The largest absolute Gasteiger partial charge is 0.405 e. The molecule has 1 fully saturated rings. The van der Waals surface area contributed by atoms with E-state index in [0.717, 1.165) is 6.07 Å². The van der Waals surface area contributed by atoms with Crippen LogP contribution in [0.5, 0.6) is 0 Å². The minimum atomic E-state index is -4.43. The molecule has 1 aromatic carbocycles. The second-order valence-electron chi connectivity index (χ2n) is 5.21. The van der Waals surface area contributed by atoms with Gasteiger partial charge in [0.1, 0.15) is 12.4 Å². The van der Waals surface area contributed by atoms with Crippen LogP contribution in [0, 0.1) is 5.82 Å². The van der Waals surface area contributed by atoms with E-state index >= 15 is 0 Å². The van der Waals surface area contributed by atoms with Gasteiger partial charge >= 0.3 is 6.18 Å². The number of nitrogens with zero attached hydrogens (tertiary/aromatic N) is 1. The zero-order valence-corrected chi connectivity index (χ0v) is 12.3. The molecule has 0 aliphatic carbocycles. The number of alkyl halides is 3. The molecule has 9 heteroatoms. The van der Waals surface area contributed by atoms with Crippen LogP contribution in [0.3, 0.4) is 0 Å². The summed E-state index contributed by atoms with van der Waals surface area (Å²) >= 11 is 0. The maximum atomic E-state index is 14.1. The standard InChI is InChI=1S/C14H17F4N3O2/c15-11-6-10(20-8-14(16,17)18)5-9(12(11)13(19)22)7-21-1-3-23-4-2-21/h5-6,20H,1-4,7-8H2,(H2,19,22). The lowest BCUT2D eigenvalue weighted by molar-refractivity contribution is -0.115. The number of nitrogens with one attached hydrogen (secondary N) is 1. The molecule has 0 saturated carbocycles. The lowest BCUT2D eigenvalue weighted by Crippen LogP contribution is -2.36. The Morgan fingerprint density at radius 2 is 1.96 bits per heavy atom. The molecule has 1 aliphatic rings. The second-order valence-corrected chi connectivity index (χ2v) is 5.21. The fraction of sp³-hybridized carbons (Fsp3) is 0.500. The van der Waals surface area contributed by atoms with Crippen molar-refractivity contribution in [2.24, 2.45) is 5.73 Å². The summed E-state index contributed by atoms with van der Waals surface area (Å²) in [5.41, 5.74) is 5.10. The smallest absolute Gasteiger partial charge is 0.379 e. The highest BCUT2D eigenvalue weighted by atomic mass is 19.4. The van der Waals surface area contributed by atoms with Crippen molar-refractivity contribution in [3.05, 3.63) is 29.1 Å². The highest BCUT2D eigenvalue weighted by Crippen LogP contribution is 2.23. The van der Waals surface area contributed by atoms with E-state index in [4.69, 9.17) is 10.5 Å². The molecule has 0 spiro atoms. The topological polar surface area (TPSA) is 67.6 Å². The van der Waals surface area contributed by atoms with Gasteiger partial charge in [0.15, 0.2) is 0 Å². The van der Waals surface area contributed by atoms with Crippen molar-refractivity contribution in [2.75, 3.05) is 38.2 Å². The van der Waals surface area contributed by atoms with Gasteiger partial charge in [-0.3, -0.25) is 9.69 Å². The highest BCUT2D eigenvalue weighted by molar-refractivity contribution is 5.95. The summed E-state index contributed by atoms with van der Waals surface area (Å²) in [4.78, 5) is 13.4. The zero-order valence-electron chi connectivity index (χ0n) is 12.3. The van der Waals surface area contributed by atoms with Crippen molar-refractivity contribution < 1.29 is 27.1 Å². The minimum Gasteiger partial charge on any atom is -0.379 e. The number of morpholine rings is 1. The Bertz CT molecular complexity index is 572. The van der Waals surface area contributed by atoms with E-state index in [1.165, 1.54) is 6.07 Å². The van der Waals surface area contributed by atoms with E-state index in [1.807, 2.05) is 4.90 Å². The molecule has 1 saturated heterocycles. The first-order valence-electron chi connectivity index (χ1n) is 6.99. The summed E-state index contributed by atoms with van der Waals surface area (Å²) in [7, 11) is 0. The maximum absolute atomic E-state index is 14.1. The molecule has 0 atom stereocenters. The second kappa shape index (κ2) is 7.14. The quantitative estimate of drug-likeness (QED) is 0.804. The van der Waals surface area contributed by atoms with Gasteiger partial charge in [-0.25, -0.2) is 4.39 Å². The maximum Gasteiger partial charge on any atom is 0.405 e. The molecule has 1 amide bonds. The predicted octanol–water partition coefficient (Wildman–Crippen LogP) is 1.73. The average Bonchev–Trinajstić information content (AvgIpc) is 2.44. The van der Waals surface area contributed by atoms with Crippen LogP contribution < -0.4 is 11.1 Å². The summed E-state index contributed by atoms with van der Waals surface area (Å²) in [5, 5.41) is 2.11. The normalized spacial score (nSPS) is 16.3. The van der Waals surface area contributed by atoms with Crippen molar-refractivity contribution in [1.82, 2.24) is 4.90 Å². The number of amides is 1. The van der Waals surface area contributed by atoms with Crippen LogP contribution in [0.2, 0.25) is 0 Å². The van der Waals surface area contributed by atoms with Crippen molar-refractivity contribution in [1.29, 1.82) is 0 Å². The summed E-state index contributed by atoms with van der Waals surface area (Å²) in [5.74, 6) is -1.89. The summed E-state index contributed by atoms with van der Waals surface area (Å²) in [6.45, 7) is 1.08. The van der Waals surface area contributed by atoms with Gasteiger partial charge in [-0.15, -0.1) is 0 Å². The third-order valence-electron chi connectivity index (χ3n) is 3.41. The Morgan fingerprint density at radius 3 is 2.52 bits per heavy atom. The fourth-order valence-electron chi connectivity index (χ4n) is 2.37. The van der Waals surface area contributed by atoms with Crippen LogP contribution in [0.15, 0.2) is 12.1 Å². The monoisotopic (exact) mass is 335 g/mol. The Morgan fingerprint density at radius 1 is 1.30 bits per heavy atom. The molecule has 1 aliphatic heterocycles. The van der Waals surface area contributed by atoms with E-state index in [9.17, 15) is 22.4 Å². The van der Waals surface area contributed by atoms with Crippen LogP contribution in [-0.2, 0) is 11.3 Å². The lowest BCUT2D eigenvalue weighted by Gasteiger charge is -2.27. The number of halogens is 4. The molecule has 1 aromatic rings. The Balaban J connectivity index is 2.24. The van der Waals surface area contributed by atoms with Crippen molar-refractivity contribution in [2.45, 2.75) is 12.7 Å². The molecular weight excluding hydrogens is 318 g/mol. The third kappa shape index (κ3) is 5.07. The first-order chi connectivity index (χ1) is 10.8. The third-order valence-corrected chi connectivity index (χ3v) is 3.41. The summed E-state index contributed by atoms with van der Waals surface area (Å²) in [6.07, 6.45) is -4.43. The lowest BCUT2D eigenvalue weighted by atomic mass is 10.0. The van der Waals surface area contributed by atoms with Crippen LogP contribution in [0.4, 0.5) is 23.2 Å². The first kappa shape index (κ1) is 17.5. The SMILES string of the molecule is NC(=O)c1c(F)cc(NCC(F)(F)F)cc1CN1CCOCC1. The number of nitrogens with two attached hydrogens (primary N) is 1. The minimum absolute atomic E-state index is 0.0481. The molecule has 0 bridgehead atoms. The molecule has 1 heterocycles. The van der Waals surface area contributed by atoms with Crippen LogP contribution in [0.1, 0.15) is 15.9 Å². The number of anilines is 1. The fourth-order valence-corrected chi connectivity index (χ4v) is 2.37. The Kier molecular flexibility index (Phi) is 5.42. The van der Waals surface area contributed by atoms with E-state index in [1.54, 1.807) is 0 Å². The van der Waals surface area contributed by atoms with Gasteiger partial charge in [-0.2, -0.15) is 13.2 Å². The number of hydrogen-bond acceptors (Lipinski definition) is 4. The number of carbonyl (C=O) groups is 1. The highest BCUT2D eigenvalue weighted by Gasteiger charge is 2.27. The van der Waals surface area contributed by atoms with Gasteiger partial charge in [-0.1, -0.05) is 0 Å². The average molecular weight is 335 g/mol. The number of hydrogen-bond donors (Lipinski definition) is 2. The van der Waals surface area contributed by atoms with E-state index in [-0.39, 0.29) is 23.4 Å². The Hall–Kier alpha value is -1.87. The summed E-state index contributed by atoms with van der Waals surface area (Å²) < 4.78 is 56.1. The molecular formula is C14H17F4N3O2. The molecule has 3 N–H and O–H groups in total. The Labute approximate surface area is 130 Å². The van der Waals surface area contributed by atoms with Gasteiger partial charge in [0.05, 0.1) is 18.8 Å². The molecule has 5 nitrogen and oxygen atoms in total. The molecule has 0 unspecified atom stereocenters. The zero-order chi connectivity index (χ0) is 17.0. The van der Waals surface area contributed by atoms with E-state index < -0.39 is 24.4 Å². The molecule has 2 rings (SSSR count). The number of benzene rings is 1. The van der Waals surface area contributed by atoms with Gasteiger partial charge in [0, 0.05) is 25.3 Å². The van der Waals surface area contributed by atoms with Crippen molar-refractivity contribution in [3.8, 4) is 0 Å². The van der Waals surface area contributed by atoms with Crippen LogP contribution in [0.25, 0.3) is 0 Å². The van der Waals surface area contributed by atoms with E-state index in [0.29, 0.717) is 26.3 Å². The molecule has 0 aromatic heterocycles. The van der Waals surface area contributed by atoms with Gasteiger partial charge in [0.25, 0.3) is 5.91 Å². The molecule has 0 radical (unpaired) electrons. The first-order valence-corrected chi connectivity index (χ1v) is 6.99. The van der Waals surface area contributed by atoms with Crippen LogP contribution >= 0.6 is 0 Å². The number of ether oxygens (including phenoxy) is 1. The molecule has 128 valence electrons. The van der Waals surface area contributed by atoms with Crippen molar-refractivity contribution in [3.63, 3.8) is 0 Å². The number of carbonyl (C=O) groups excluding carboxylic acids is 1. The molecule has 23 heavy (non-hydrogen) atoms. The summed E-state index contributed by atoms with van der Waals surface area (Å²) in [6, 6.07) is 2.17. The van der Waals surface area contributed by atoms with Crippen molar-refractivity contribution >= 4 is 11.6 Å². The number of rotatable bonds is 5. The van der Waals surface area contributed by atoms with Gasteiger partial charge < -0.3 is 15.8 Å². The van der Waals surface area contributed by atoms with Gasteiger partial charge in [0.2, 0.25) is 0 Å². The van der Waals surface area contributed by atoms with Crippen LogP contribution in [-0.4, -0.2) is 49.8 Å². The predicted molar refractivity (Wildman–Crippen MR) is 75.6 cm³/mol.